The number of morpholine rings is 1. The molecule has 1 unspecified atom stereocenters. The third kappa shape index (κ3) is 4.14. The van der Waals surface area contributed by atoms with E-state index in [0.29, 0.717) is 38.7 Å². The van der Waals surface area contributed by atoms with Gasteiger partial charge in [-0.1, -0.05) is 0 Å². The molecule has 3 aliphatic rings. The van der Waals surface area contributed by atoms with Crippen LogP contribution in [0.5, 0.6) is 0 Å². The average Bonchev–Trinajstić information content (AvgIpc) is 2.74. The molecule has 1 spiro atoms. The van der Waals surface area contributed by atoms with E-state index in [1.165, 1.54) is 0 Å². The zero-order valence-corrected chi connectivity index (χ0v) is 16.7. The molecule has 148 valence electrons. The van der Waals surface area contributed by atoms with E-state index < -0.39 is 16.8 Å². The molecule has 0 radical (unpaired) electrons. The average molecular weight is 369 g/mol. The van der Waals surface area contributed by atoms with Crippen LogP contribution < -0.4 is 0 Å². The molecule has 0 aromatic heterocycles. The molecule has 3 aliphatic heterocycles. The van der Waals surface area contributed by atoms with Crippen molar-refractivity contribution in [1.82, 2.24) is 9.80 Å². The quantitative estimate of drug-likeness (QED) is 0.523. The first kappa shape index (κ1) is 19.4. The Hall–Kier alpha value is -1.34. The van der Waals surface area contributed by atoms with Gasteiger partial charge in [-0.25, -0.2) is 4.79 Å². The third-order valence-electron chi connectivity index (χ3n) is 5.32. The number of hydrogen-bond acceptors (Lipinski definition) is 5. The van der Waals surface area contributed by atoms with Crippen molar-refractivity contribution in [2.75, 3.05) is 32.8 Å². The number of amides is 1. The summed E-state index contributed by atoms with van der Waals surface area (Å²) < 4.78 is 17.1. The topological polar surface area (TPSA) is 72.6 Å². The molecule has 3 heterocycles. The second-order valence-electron chi connectivity index (χ2n) is 9.36. The van der Waals surface area contributed by atoms with Crippen molar-refractivity contribution in [3.05, 3.63) is 0 Å². The summed E-state index contributed by atoms with van der Waals surface area (Å²) in [5, 5.41) is 0. The van der Waals surface area contributed by atoms with Gasteiger partial charge in [0.2, 0.25) is 11.2 Å². The van der Waals surface area contributed by atoms with Gasteiger partial charge in [-0.2, -0.15) is 0 Å². The molecule has 3 saturated heterocycles. The van der Waals surface area contributed by atoms with Crippen molar-refractivity contribution < 1.29 is 23.8 Å². The van der Waals surface area contributed by atoms with Crippen molar-refractivity contribution in [3.8, 4) is 0 Å². The minimum Gasteiger partial charge on any atom is -0.444 e. The van der Waals surface area contributed by atoms with Gasteiger partial charge in [-0.15, -0.1) is 0 Å². The number of likely N-dealkylation sites (tertiary alicyclic amines) is 1. The maximum absolute atomic E-state index is 12.2. The number of nitrogens with zero attached hydrogens (tertiary/aromatic N) is 2. The van der Waals surface area contributed by atoms with Crippen LogP contribution in [-0.2, 0) is 14.2 Å². The van der Waals surface area contributed by atoms with E-state index in [0.717, 1.165) is 19.4 Å². The fourth-order valence-electron chi connectivity index (χ4n) is 4.25. The molecule has 7 nitrogen and oxygen atoms in total. The molecule has 7 heteroatoms. The predicted molar refractivity (Wildman–Crippen MR) is 97.8 cm³/mol. The summed E-state index contributed by atoms with van der Waals surface area (Å²) in [5.41, 5.74) is -1.59. The van der Waals surface area contributed by atoms with Gasteiger partial charge in [0.25, 0.3) is 0 Å². The highest BCUT2D eigenvalue weighted by atomic mass is 16.6. The minimum absolute atomic E-state index is 0.0124. The molecular formula is C19H33N2O5+. The number of esters is 1. The van der Waals surface area contributed by atoms with E-state index >= 15 is 0 Å². The molecule has 1 atom stereocenters. The van der Waals surface area contributed by atoms with Crippen LogP contribution in [0.2, 0.25) is 0 Å². The van der Waals surface area contributed by atoms with Gasteiger partial charge in [-0.05, 0) is 33.6 Å². The van der Waals surface area contributed by atoms with Crippen LogP contribution in [0.4, 0.5) is 4.79 Å². The molecule has 0 aromatic rings. The molecule has 26 heavy (non-hydrogen) atoms. The lowest BCUT2D eigenvalue weighted by Crippen LogP contribution is -2.59. The van der Waals surface area contributed by atoms with Gasteiger partial charge >= 0.3 is 12.1 Å². The number of ether oxygens (including phenoxy) is 3. The van der Waals surface area contributed by atoms with Crippen LogP contribution in [0.1, 0.15) is 53.9 Å². The van der Waals surface area contributed by atoms with Gasteiger partial charge in [0.1, 0.15) is 5.60 Å². The summed E-state index contributed by atoms with van der Waals surface area (Å²) in [5.74, 6) is 0.0124. The molecule has 3 rings (SSSR count). The van der Waals surface area contributed by atoms with Crippen LogP contribution in [0, 0.1) is 0 Å². The fourth-order valence-corrected chi connectivity index (χ4v) is 4.25. The minimum atomic E-state index is -0.718. The zero-order chi connectivity index (χ0) is 19.2. The number of carbonyl (C=O) groups is 1. The van der Waals surface area contributed by atoms with Crippen molar-refractivity contribution >= 4 is 12.1 Å². The van der Waals surface area contributed by atoms with Gasteiger partial charge in [0.05, 0.1) is 13.0 Å². The lowest BCUT2D eigenvalue weighted by atomic mass is 9.90. The molecule has 0 saturated carbocycles. The largest absolute Gasteiger partial charge is 0.518 e. The first-order valence-electron chi connectivity index (χ1n) is 9.61. The van der Waals surface area contributed by atoms with Crippen molar-refractivity contribution in [3.63, 3.8) is 0 Å². The maximum atomic E-state index is 12.2. The summed E-state index contributed by atoms with van der Waals surface area (Å²) in [6.45, 7) is 13.1. The van der Waals surface area contributed by atoms with Crippen LogP contribution in [0.25, 0.3) is 0 Å². The Balaban J connectivity index is 1.57. The van der Waals surface area contributed by atoms with E-state index in [-0.39, 0.29) is 12.1 Å². The molecule has 1 N–H and O–H groups in total. The molecule has 0 aromatic carbocycles. The molecule has 1 amide bonds. The van der Waals surface area contributed by atoms with Gasteiger partial charge in [-0.3, -0.25) is 4.90 Å². The van der Waals surface area contributed by atoms with E-state index in [1.54, 1.807) is 4.90 Å². The molecule has 0 aliphatic carbocycles. The van der Waals surface area contributed by atoms with Crippen molar-refractivity contribution in [1.29, 1.82) is 0 Å². The van der Waals surface area contributed by atoms with Crippen molar-refractivity contribution in [2.24, 2.45) is 0 Å². The summed E-state index contributed by atoms with van der Waals surface area (Å²) in [6.07, 6.45) is 2.23. The lowest BCUT2D eigenvalue weighted by molar-refractivity contribution is -0.0893. The molecule has 3 fully saturated rings. The van der Waals surface area contributed by atoms with Gasteiger partial charge in [0.15, 0.2) is 0 Å². The Labute approximate surface area is 155 Å². The lowest BCUT2D eigenvalue weighted by Gasteiger charge is -2.43. The standard InChI is InChI=1S/C19H32N2O5/c1-17(2,3)26-16(23)20-8-6-14(7-9-20)21-10-11-24-19(13-21)12-18(4,5)25-15(19)22/h14H,6-13H2,1-5H3/p+1. The normalized spacial score (nSPS) is 30.5. The number of rotatable bonds is 1. The Bertz CT molecular complexity index is 563. The van der Waals surface area contributed by atoms with E-state index in [9.17, 15) is 9.59 Å². The number of hydrogen-bond donors (Lipinski definition) is 0. The van der Waals surface area contributed by atoms with Crippen LogP contribution in [0.3, 0.4) is 0 Å². The van der Waals surface area contributed by atoms with E-state index in [2.05, 4.69) is 4.90 Å². The summed E-state index contributed by atoms with van der Waals surface area (Å²) in [4.78, 5) is 26.8. The first-order valence-corrected chi connectivity index (χ1v) is 9.61. The van der Waals surface area contributed by atoms with Crippen molar-refractivity contribution in [2.45, 2.75) is 76.7 Å². The number of piperidine rings is 1. The smallest absolute Gasteiger partial charge is 0.444 e. The highest BCUT2D eigenvalue weighted by Gasteiger charge is 2.63. The summed E-state index contributed by atoms with van der Waals surface area (Å²) in [7, 11) is 0. The Kier molecular flexibility index (Phi) is 4.99. The molecular weight excluding hydrogens is 336 g/mol. The number of cyclic esters (lactones) is 1. The number of carbonyl (C=O) groups excluding carboxylic acids is 2. The second kappa shape index (κ2) is 6.68. The summed E-state index contributed by atoms with van der Waals surface area (Å²) in [6, 6.07) is 0.381. The monoisotopic (exact) mass is 369 g/mol. The van der Waals surface area contributed by atoms with Gasteiger partial charge < -0.3 is 23.9 Å². The van der Waals surface area contributed by atoms with Crippen LogP contribution >= 0.6 is 0 Å². The maximum Gasteiger partial charge on any atom is 0.518 e. The first-order chi connectivity index (χ1) is 12.0. The Morgan fingerprint density at radius 1 is 1.23 bits per heavy atom. The van der Waals surface area contributed by atoms with E-state index in [4.69, 9.17) is 14.2 Å². The summed E-state index contributed by atoms with van der Waals surface area (Å²) >= 11 is 0. The second-order valence-corrected chi connectivity index (χ2v) is 9.36. The van der Waals surface area contributed by atoms with Crippen LogP contribution in [-0.4, -0.2) is 82.3 Å². The van der Waals surface area contributed by atoms with Crippen LogP contribution in [0.15, 0.2) is 0 Å². The fraction of sp³-hybridized carbons (Fsp3) is 0.895. The highest BCUT2D eigenvalue weighted by molar-refractivity contribution is 5.84. The molecule has 0 bridgehead atoms. The zero-order valence-electron chi connectivity index (χ0n) is 16.7. The predicted octanol–water partition coefficient (Wildman–Crippen LogP) is 2.16. The Morgan fingerprint density at radius 3 is 2.42 bits per heavy atom. The van der Waals surface area contributed by atoms with E-state index in [1.807, 2.05) is 34.6 Å². The SMILES string of the molecule is CC(C)(C)OC(=O)N1CCC(N2CCOC3(C2)CC(C)(C)OC3=[OH+])CC1. The third-order valence-corrected chi connectivity index (χ3v) is 5.32. The highest BCUT2D eigenvalue weighted by Crippen LogP contribution is 2.39. The van der Waals surface area contributed by atoms with Gasteiger partial charge in [0, 0.05) is 46.1 Å². The Morgan fingerprint density at radius 2 is 1.88 bits per heavy atom.